The van der Waals surface area contributed by atoms with Crippen molar-refractivity contribution in [3.05, 3.63) is 28.1 Å². The van der Waals surface area contributed by atoms with Crippen molar-refractivity contribution in [2.45, 2.75) is 26.1 Å². The van der Waals surface area contributed by atoms with Crippen LogP contribution in [0.1, 0.15) is 20.3 Å². The van der Waals surface area contributed by atoms with Crippen molar-refractivity contribution in [2.75, 3.05) is 32.2 Å². The van der Waals surface area contributed by atoms with Crippen LogP contribution in [-0.2, 0) is 9.47 Å². The van der Waals surface area contributed by atoms with Gasteiger partial charge in [-0.05, 0) is 12.8 Å². The minimum atomic E-state index is -0.932. The number of nitro groups is 1. The van der Waals surface area contributed by atoms with Crippen molar-refractivity contribution >= 4 is 11.4 Å². The average molecular weight is 328 g/mol. The van der Waals surface area contributed by atoms with Crippen molar-refractivity contribution in [1.82, 2.24) is 0 Å². The molecule has 2 rings (SSSR count). The zero-order valence-corrected chi connectivity index (χ0v) is 13.4. The monoisotopic (exact) mass is 328 g/mol. The summed E-state index contributed by atoms with van der Waals surface area (Å²) >= 11 is 0. The number of nitrogens with zero attached hydrogens (tertiary/aromatic N) is 1. The maximum atomic E-state index is 13.9. The Bertz CT molecular complexity index is 575. The second-order valence-corrected chi connectivity index (χ2v) is 5.78. The van der Waals surface area contributed by atoms with Crippen LogP contribution >= 0.6 is 0 Å². The molecule has 1 aromatic carbocycles. The molecular formula is C15H21FN2O5. The largest absolute Gasteiger partial charge is 0.497 e. The molecule has 1 atom stereocenters. The number of hydrogen-bond acceptors (Lipinski definition) is 6. The lowest BCUT2D eigenvalue weighted by molar-refractivity contribution is -0.386. The van der Waals surface area contributed by atoms with Crippen LogP contribution in [0.5, 0.6) is 5.75 Å². The molecule has 1 fully saturated rings. The molecule has 0 amide bonds. The zero-order valence-electron chi connectivity index (χ0n) is 13.4. The van der Waals surface area contributed by atoms with Crippen LogP contribution < -0.4 is 10.1 Å². The lowest BCUT2D eigenvalue weighted by Crippen LogP contribution is -2.30. The van der Waals surface area contributed by atoms with E-state index in [1.807, 2.05) is 13.8 Å². The first-order chi connectivity index (χ1) is 10.8. The molecule has 128 valence electrons. The minimum absolute atomic E-state index is 0.0945. The third-order valence-corrected chi connectivity index (χ3v) is 3.71. The summed E-state index contributed by atoms with van der Waals surface area (Å²) in [5.74, 6) is -1.24. The van der Waals surface area contributed by atoms with Crippen LogP contribution in [0, 0.1) is 21.8 Å². The summed E-state index contributed by atoms with van der Waals surface area (Å²) in [6.45, 7) is 5.36. The maximum absolute atomic E-state index is 13.9. The normalized spacial score (nSPS) is 17.7. The predicted molar refractivity (Wildman–Crippen MR) is 82.2 cm³/mol. The SMILES string of the molecule is COc1cc(F)c([N+](=O)[O-])c(NCC(C)CC2(C)OCCO2)c1. The van der Waals surface area contributed by atoms with Gasteiger partial charge in [-0.15, -0.1) is 0 Å². The fraction of sp³-hybridized carbons (Fsp3) is 0.600. The van der Waals surface area contributed by atoms with Crippen molar-refractivity contribution < 1.29 is 23.5 Å². The van der Waals surface area contributed by atoms with Gasteiger partial charge in [-0.1, -0.05) is 6.92 Å². The molecule has 0 bridgehead atoms. The van der Waals surface area contributed by atoms with Gasteiger partial charge in [0.1, 0.15) is 11.4 Å². The highest BCUT2D eigenvalue weighted by atomic mass is 19.1. The summed E-state index contributed by atoms with van der Waals surface area (Å²) in [4.78, 5) is 10.3. The molecule has 1 aliphatic rings. The summed E-state index contributed by atoms with van der Waals surface area (Å²) in [6, 6.07) is 2.41. The van der Waals surface area contributed by atoms with E-state index in [1.54, 1.807) is 0 Å². The number of nitro benzene ring substituents is 1. The van der Waals surface area contributed by atoms with Crippen LogP contribution in [0.25, 0.3) is 0 Å². The van der Waals surface area contributed by atoms with E-state index in [-0.39, 0.29) is 17.4 Å². The molecule has 8 heteroatoms. The summed E-state index contributed by atoms with van der Waals surface area (Å²) in [5.41, 5.74) is -0.491. The fourth-order valence-electron chi connectivity index (χ4n) is 2.68. The number of methoxy groups -OCH3 is 1. The molecule has 1 aliphatic heterocycles. The van der Waals surface area contributed by atoms with Crippen LogP contribution in [0.3, 0.4) is 0 Å². The van der Waals surface area contributed by atoms with Gasteiger partial charge < -0.3 is 19.5 Å². The number of ether oxygens (including phenoxy) is 3. The van der Waals surface area contributed by atoms with E-state index in [9.17, 15) is 14.5 Å². The number of rotatable bonds is 7. The fourth-order valence-corrected chi connectivity index (χ4v) is 2.68. The van der Waals surface area contributed by atoms with E-state index in [0.717, 1.165) is 6.07 Å². The van der Waals surface area contributed by atoms with E-state index >= 15 is 0 Å². The van der Waals surface area contributed by atoms with Gasteiger partial charge in [0.25, 0.3) is 0 Å². The number of nitrogens with one attached hydrogen (secondary N) is 1. The molecule has 0 saturated carbocycles. The van der Waals surface area contributed by atoms with Crippen molar-refractivity contribution in [2.24, 2.45) is 5.92 Å². The minimum Gasteiger partial charge on any atom is -0.497 e. The first-order valence-electron chi connectivity index (χ1n) is 7.38. The highest BCUT2D eigenvalue weighted by Gasteiger charge is 2.32. The summed E-state index contributed by atoms with van der Waals surface area (Å²) in [6.07, 6.45) is 0.625. The molecule has 0 spiro atoms. The van der Waals surface area contributed by atoms with Gasteiger partial charge in [-0.25, -0.2) is 0 Å². The van der Waals surface area contributed by atoms with E-state index in [1.165, 1.54) is 13.2 Å². The van der Waals surface area contributed by atoms with Gasteiger partial charge in [0.2, 0.25) is 5.82 Å². The van der Waals surface area contributed by atoms with Gasteiger partial charge in [0, 0.05) is 25.1 Å². The Balaban J connectivity index is 2.06. The number of halogens is 1. The first kappa shape index (κ1) is 17.4. The van der Waals surface area contributed by atoms with Crippen molar-refractivity contribution in [3.8, 4) is 5.75 Å². The molecule has 0 aromatic heterocycles. The third-order valence-electron chi connectivity index (χ3n) is 3.71. The summed E-state index contributed by atoms with van der Waals surface area (Å²) < 4.78 is 29.9. The Morgan fingerprint density at radius 3 is 2.70 bits per heavy atom. The first-order valence-corrected chi connectivity index (χ1v) is 7.38. The van der Waals surface area contributed by atoms with Gasteiger partial charge in [-0.3, -0.25) is 10.1 Å². The topological polar surface area (TPSA) is 82.9 Å². The van der Waals surface area contributed by atoms with Crippen molar-refractivity contribution in [1.29, 1.82) is 0 Å². The Hall–Kier alpha value is -1.93. The van der Waals surface area contributed by atoms with E-state index < -0.39 is 22.2 Å². The molecule has 7 nitrogen and oxygen atoms in total. The second kappa shape index (κ2) is 7.10. The quantitative estimate of drug-likeness (QED) is 0.612. The Kier molecular flexibility index (Phi) is 5.38. The van der Waals surface area contributed by atoms with Crippen LogP contribution in [0.2, 0.25) is 0 Å². The highest BCUT2D eigenvalue weighted by Crippen LogP contribution is 2.33. The smallest absolute Gasteiger partial charge is 0.327 e. The molecule has 1 unspecified atom stereocenters. The lowest BCUT2D eigenvalue weighted by atomic mass is 10.0. The van der Waals surface area contributed by atoms with Crippen molar-refractivity contribution in [3.63, 3.8) is 0 Å². The molecule has 1 N–H and O–H groups in total. The molecule has 1 aromatic rings. The average Bonchev–Trinajstić information content (AvgIpc) is 2.90. The molecule has 1 saturated heterocycles. The molecule has 0 aliphatic carbocycles. The Morgan fingerprint density at radius 2 is 2.13 bits per heavy atom. The van der Waals surface area contributed by atoms with Crippen LogP contribution in [0.4, 0.5) is 15.8 Å². The maximum Gasteiger partial charge on any atom is 0.327 e. The highest BCUT2D eigenvalue weighted by molar-refractivity contribution is 5.65. The second-order valence-electron chi connectivity index (χ2n) is 5.78. The van der Waals surface area contributed by atoms with Gasteiger partial charge in [0.05, 0.1) is 25.2 Å². The van der Waals surface area contributed by atoms with E-state index in [2.05, 4.69) is 5.32 Å². The van der Waals surface area contributed by atoms with Gasteiger partial charge >= 0.3 is 5.69 Å². The standard InChI is InChI=1S/C15H21FN2O5/c1-10(8-15(2)22-4-5-23-15)9-17-13-7-11(21-3)6-12(16)14(13)18(19)20/h6-7,10,17H,4-5,8-9H2,1-3H3. The van der Waals surface area contributed by atoms with E-state index in [4.69, 9.17) is 14.2 Å². The summed E-state index contributed by atoms with van der Waals surface area (Å²) in [5, 5.41) is 14.0. The zero-order chi connectivity index (χ0) is 17.0. The van der Waals surface area contributed by atoms with Crippen LogP contribution in [-0.4, -0.2) is 37.6 Å². The van der Waals surface area contributed by atoms with Gasteiger partial charge in [0.15, 0.2) is 5.79 Å². The molecule has 0 radical (unpaired) electrons. The number of benzene rings is 1. The lowest BCUT2D eigenvalue weighted by Gasteiger charge is -2.26. The van der Waals surface area contributed by atoms with Crippen LogP contribution in [0.15, 0.2) is 12.1 Å². The Labute approximate surface area is 133 Å². The molecule has 1 heterocycles. The predicted octanol–water partition coefficient (Wildman–Crippen LogP) is 2.94. The third kappa shape index (κ3) is 4.29. The molecular weight excluding hydrogens is 307 g/mol. The number of hydrogen-bond donors (Lipinski definition) is 1. The van der Waals surface area contributed by atoms with E-state index in [0.29, 0.717) is 26.2 Å². The Morgan fingerprint density at radius 1 is 1.48 bits per heavy atom. The number of anilines is 1. The molecule has 23 heavy (non-hydrogen) atoms. The van der Waals surface area contributed by atoms with Gasteiger partial charge in [-0.2, -0.15) is 4.39 Å². The summed E-state index contributed by atoms with van der Waals surface area (Å²) in [7, 11) is 1.38.